The van der Waals surface area contributed by atoms with Crippen LogP contribution in [0.4, 0.5) is 5.82 Å². The molecule has 0 amide bonds. The van der Waals surface area contributed by atoms with E-state index in [-0.39, 0.29) is 11.0 Å². The number of rotatable bonds is 4. The van der Waals surface area contributed by atoms with Crippen molar-refractivity contribution in [3.63, 3.8) is 0 Å². The van der Waals surface area contributed by atoms with E-state index in [1.54, 1.807) is 12.3 Å². The Morgan fingerprint density at radius 2 is 2.21 bits per heavy atom. The second-order valence-corrected chi connectivity index (χ2v) is 4.70. The average Bonchev–Trinajstić information content (AvgIpc) is 2.69. The van der Waals surface area contributed by atoms with Gasteiger partial charge in [0, 0.05) is 5.56 Å². The number of thiocarbonyl (C=S) groups is 1. The first-order chi connectivity index (χ1) is 9.00. The van der Waals surface area contributed by atoms with E-state index < -0.39 is 0 Å². The quantitative estimate of drug-likeness (QED) is 0.825. The molecule has 0 radical (unpaired) electrons. The topological polar surface area (TPSA) is 89.9 Å². The monoisotopic (exact) mass is 277 g/mol. The highest BCUT2D eigenvalue weighted by Gasteiger charge is 2.18. The second kappa shape index (κ2) is 5.31. The molecule has 0 bridgehead atoms. The predicted molar refractivity (Wildman–Crippen MR) is 75.9 cm³/mol. The Kier molecular flexibility index (Phi) is 3.75. The zero-order chi connectivity index (χ0) is 14.0. The van der Waals surface area contributed by atoms with Crippen LogP contribution < -0.4 is 11.1 Å². The van der Waals surface area contributed by atoms with Gasteiger partial charge in [0.1, 0.15) is 10.7 Å². The number of hydrogen-bond donors (Lipinski definition) is 2. The van der Waals surface area contributed by atoms with Crippen LogP contribution in [-0.4, -0.2) is 20.3 Å². The van der Waals surface area contributed by atoms with E-state index in [2.05, 4.69) is 20.7 Å². The third kappa shape index (κ3) is 2.70. The molecule has 6 nitrogen and oxygen atoms in total. The maximum absolute atomic E-state index is 5.66. The number of aryl methyl sites for hydroxylation is 2. The average molecular weight is 277 g/mol. The molecule has 0 aliphatic rings. The van der Waals surface area contributed by atoms with Gasteiger partial charge in [-0.15, -0.1) is 5.10 Å². The molecule has 1 unspecified atom stereocenters. The molecular weight excluding hydrogens is 262 g/mol. The van der Waals surface area contributed by atoms with Crippen molar-refractivity contribution in [2.75, 3.05) is 5.32 Å². The van der Waals surface area contributed by atoms with E-state index in [4.69, 9.17) is 22.5 Å². The number of aromatic nitrogens is 3. The summed E-state index contributed by atoms with van der Waals surface area (Å²) in [4.78, 5) is 0.281. The SMILES string of the molecule is Cc1noc(C)c1C(C)Nc1nnccc1C(N)=S. The van der Waals surface area contributed by atoms with E-state index >= 15 is 0 Å². The van der Waals surface area contributed by atoms with Gasteiger partial charge >= 0.3 is 0 Å². The molecule has 0 saturated heterocycles. The molecule has 0 spiro atoms. The van der Waals surface area contributed by atoms with Crippen LogP contribution in [0.15, 0.2) is 16.8 Å². The summed E-state index contributed by atoms with van der Waals surface area (Å²) in [6.07, 6.45) is 1.56. The third-order valence-electron chi connectivity index (χ3n) is 2.86. The molecule has 19 heavy (non-hydrogen) atoms. The fraction of sp³-hybridized carbons (Fsp3) is 0.333. The van der Waals surface area contributed by atoms with Crippen LogP contribution in [0.25, 0.3) is 0 Å². The first-order valence-corrected chi connectivity index (χ1v) is 6.22. The maximum atomic E-state index is 5.66. The summed E-state index contributed by atoms with van der Waals surface area (Å²) in [7, 11) is 0. The number of hydrogen-bond acceptors (Lipinski definition) is 6. The molecule has 2 aromatic rings. The summed E-state index contributed by atoms with van der Waals surface area (Å²) in [5.74, 6) is 1.33. The summed E-state index contributed by atoms with van der Waals surface area (Å²) in [5.41, 5.74) is 8.18. The Labute approximate surface area is 116 Å². The number of nitrogens with two attached hydrogens (primary N) is 1. The van der Waals surface area contributed by atoms with Crippen LogP contribution in [0.3, 0.4) is 0 Å². The highest BCUT2D eigenvalue weighted by molar-refractivity contribution is 7.80. The lowest BCUT2D eigenvalue weighted by atomic mass is 10.1. The maximum Gasteiger partial charge on any atom is 0.159 e. The van der Waals surface area contributed by atoms with Gasteiger partial charge in [-0.2, -0.15) is 5.10 Å². The minimum Gasteiger partial charge on any atom is -0.389 e. The smallest absolute Gasteiger partial charge is 0.159 e. The number of anilines is 1. The van der Waals surface area contributed by atoms with Crippen molar-refractivity contribution in [1.82, 2.24) is 15.4 Å². The predicted octanol–water partition coefficient (Wildman–Crippen LogP) is 1.89. The Hall–Kier alpha value is -2.02. The molecule has 2 heterocycles. The largest absolute Gasteiger partial charge is 0.389 e. The third-order valence-corrected chi connectivity index (χ3v) is 3.08. The molecule has 3 N–H and O–H groups in total. The van der Waals surface area contributed by atoms with Crippen molar-refractivity contribution in [3.8, 4) is 0 Å². The van der Waals surface area contributed by atoms with E-state index in [0.717, 1.165) is 17.0 Å². The highest BCUT2D eigenvalue weighted by Crippen LogP contribution is 2.25. The van der Waals surface area contributed by atoms with Gasteiger partial charge in [0.2, 0.25) is 0 Å². The van der Waals surface area contributed by atoms with Crippen LogP contribution in [0.1, 0.15) is 35.5 Å². The van der Waals surface area contributed by atoms with Crippen molar-refractivity contribution in [2.45, 2.75) is 26.8 Å². The lowest BCUT2D eigenvalue weighted by molar-refractivity contribution is 0.392. The standard InChI is InChI=1S/C12H15N5OS/c1-6(10-7(2)17-18-8(10)3)15-12-9(11(13)19)4-5-14-16-12/h4-6H,1-3H3,(H2,13,19)(H,15,16). The number of nitrogens with one attached hydrogen (secondary N) is 1. The fourth-order valence-electron chi connectivity index (χ4n) is 2.02. The van der Waals surface area contributed by atoms with Crippen molar-refractivity contribution < 1.29 is 4.52 Å². The van der Waals surface area contributed by atoms with Crippen LogP contribution in [0.5, 0.6) is 0 Å². The van der Waals surface area contributed by atoms with Crippen molar-refractivity contribution in [3.05, 3.63) is 34.8 Å². The molecule has 2 rings (SSSR count). The van der Waals surface area contributed by atoms with E-state index in [1.807, 2.05) is 20.8 Å². The molecule has 2 aromatic heterocycles. The lowest BCUT2D eigenvalue weighted by Gasteiger charge is -2.15. The van der Waals surface area contributed by atoms with Gasteiger partial charge in [0.05, 0.1) is 23.5 Å². The molecule has 0 saturated carbocycles. The molecule has 0 aromatic carbocycles. The van der Waals surface area contributed by atoms with Gasteiger partial charge < -0.3 is 15.6 Å². The zero-order valence-corrected chi connectivity index (χ0v) is 11.8. The minimum absolute atomic E-state index is 0.0314. The van der Waals surface area contributed by atoms with Crippen LogP contribution >= 0.6 is 12.2 Å². The fourth-order valence-corrected chi connectivity index (χ4v) is 2.19. The minimum atomic E-state index is -0.0314. The van der Waals surface area contributed by atoms with Crippen LogP contribution in [-0.2, 0) is 0 Å². The summed E-state index contributed by atoms with van der Waals surface area (Å²) in [6.45, 7) is 5.76. The molecular formula is C12H15N5OS. The van der Waals surface area contributed by atoms with Gasteiger partial charge in [0.25, 0.3) is 0 Å². The summed E-state index contributed by atoms with van der Waals surface area (Å²) in [5, 5.41) is 15.0. The summed E-state index contributed by atoms with van der Waals surface area (Å²) in [6, 6.07) is 1.70. The number of nitrogens with zero attached hydrogens (tertiary/aromatic N) is 3. The molecule has 100 valence electrons. The molecule has 0 aliphatic carbocycles. The lowest BCUT2D eigenvalue weighted by Crippen LogP contribution is -2.17. The van der Waals surface area contributed by atoms with Crippen molar-refractivity contribution >= 4 is 23.0 Å². The van der Waals surface area contributed by atoms with E-state index in [0.29, 0.717) is 11.4 Å². The summed E-state index contributed by atoms with van der Waals surface area (Å²) < 4.78 is 5.16. The first-order valence-electron chi connectivity index (χ1n) is 5.81. The van der Waals surface area contributed by atoms with Gasteiger partial charge in [-0.3, -0.25) is 0 Å². The van der Waals surface area contributed by atoms with Gasteiger partial charge in [-0.25, -0.2) is 0 Å². The summed E-state index contributed by atoms with van der Waals surface area (Å²) >= 11 is 4.99. The molecule has 7 heteroatoms. The molecule has 1 atom stereocenters. The second-order valence-electron chi connectivity index (χ2n) is 4.26. The Bertz CT molecular complexity index is 590. The molecule has 0 fully saturated rings. The zero-order valence-electron chi connectivity index (χ0n) is 11.0. The molecule has 0 aliphatic heterocycles. The Morgan fingerprint density at radius 1 is 1.47 bits per heavy atom. The van der Waals surface area contributed by atoms with Crippen LogP contribution in [0.2, 0.25) is 0 Å². The normalized spacial score (nSPS) is 12.2. The van der Waals surface area contributed by atoms with Gasteiger partial charge in [-0.05, 0) is 26.8 Å². The van der Waals surface area contributed by atoms with Gasteiger partial charge in [-0.1, -0.05) is 17.4 Å². The highest BCUT2D eigenvalue weighted by atomic mass is 32.1. The Balaban J connectivity index is 2.29. The van der Waals surface area contributed by atoms with Crippen molar-refractivity contribution in [2.24, 2.45) is 5.73 Å². The first kappa shape index (κ1) is 13.4. The Morgan fingerprint density at radius 3 is 2.79 bits per heavy atom. The van der Waals surface area contributed by atoms with E-state index in [9.17, 15) is 0 Å². The van der Waals surface area contributed by atoms with Gasteiger partial charge in [0.15, 0.2) is 5.82 Å². The van der Waals surface area contributed by atoms with Crippen molar-refractivity contribution in [1.29, 1.82) is 0 Å². The van der Waals surface area contributed by atoms with E-state index in [1.165, 1.54) is 0 Å². The van der Waals surface area contributed by atoms with Crippen LogP contribution in [0, 0.1) is 13.8 Å².